The van der Waals surface area contributed by atoms with Crippen LogP contribution in [0.4, 0.5) is 0 Å². The second kappa shape index (κ2) is 4.87. The maximum atomic E-state index is 11.6. The molecule has 0 saturated carbocycles. The number of Topliss-reactive ketones (excluding diaryl/α,β-unsaturated/α-hetero) is 2. The summed E-state index contributed by atoms with van der Waals surface area (Å²) in [5.41, 5.74) is 1.85. The third kappa shape index (κ3) is 2.18. The van der Waals surface area contributed by atoms with E-state index in [1.807, 2.05) is 0 Å². The summed E-state index contributed by atoms with van der Waals surface area (Å²) >= 11 is 0. The van der Waals surface area contributed by atoms with Gasteiger partial charge in [-0.3, -0.25) is 19.6 Å². The van der Waals surface area contributed by atoms with Crippen LogP contribution in [0.2, 0.25) is 0 Å². The van der Waals surface area contributed by atoms with Crippen molar-refractivity contribution in [3.63, 3.8) is 0 Å². The highest BCUT2D eigenvalue weighted by molar-refractivity contribution is 6.04. The van der Waals surface area contributed by atoms with Gasteiger partial charge in [0.05, 0.1) is 0 Å². The number of nitrogens with zero attached hydrogens (tertiary/aromatic N) is 2. The number of aromatic nitrogens is 2. The monoisotopic (exact) mass is 240 g/mol. The zero-order valence-corrected chi connectivity index (χ0v) is 10.2. The Morgan fingerprint density at radius 3 is 1.56 bits per heavy atom. The Morgan fingerprint density at radius 1 is 0.833 bits per heavy atom. The van der Waals surface area contributed by atoms with Gasteiger partial charge in [0.25, 0.3) is 0 Å². The number of pyridine rings is 2. The second-order valence-corrected chi connectivity index (χ2v) is 3.91. The van der Waals surface area contributed by atoms with Gasteiger partial charge < -0.3 is 0 Å². The Hall–Kier alpha value is -2.36. The van der Waals surface area contributed by atoms with Crippen molar-refractivity contribution in [2.24, 2.45) is 0 Å². The topological polar surface area (TPSA) is 59.9 Å². The number of ketones is 2. The molecule has 0 spiro atoms. The standard InChI is InChI=1S/C14H12N2O2/c1-9(17)11-5-3-7-15-13(11)14-12(10(2)18)6-4-8-16-14/h3-8H,1-2H3. The molecular weight excluding hydrogens is 228 g/mol. The second-order valence-electron chi connectivity index (χ2n) is 3.91. The number of carbonyl (C=O) groups excluding carboxylic acids is 2. The van der Waals surface area contributed by atoms with Gasteiger partial charge in [0.15, 0.2) is 11.6 Å². The summed E-state index contributed by atoms with van der Waals surface area (Å²) < 4.78 is 0. The molecule has 2 aromatic rings. The minimum absolute atomic E-state index is 0.0988. The Morgan fingerprint density at radius 2 is 1.22 bits per heavy atom. The van der Waals surface area contributed by atoms with E-state index in [9.17, 15) is 9.59 Å². The normalized spacial score (nSPS) is 10.1. The van der Waals surface area contributed by atoms with Crippen molar-refractivity contribution in [2.45, 2.75) is 13.8 Å². The third-order valence-electron chi connectivity index (χ3n) is 2.60. The minimum atomic E-state index is -0.0988. The van der Waals surface area contributed by atoms with Crippen molar-refractivity contribution in [2.75, 3.05) is 0 Å². The van der Waals surface area contributed by atoms with E-state index in [1.54, 1.807) is 36.7 Å². The quantitative estimate of drug-likeness (QED) is 0.773. The van der Waals surface area contributed by atoms with Crippen LogP contribution in [0.3, 0.4) is 0 Å². The van der Waals surface area contributed by atoms with Crippen LogP contribution in [-0.2, 0) is 0 Å². The molecular formula is C14H12N2O2. The molecule has 2 aromatic heterocycles. The molecule has 0 aliphatic rings. The Kier molecular flexibility index (Phi) is 3.28. The molecule has 0 aromatic carbocycles. The van der Waals surface area contributed by atoms with Crippen molar-refractivity contribution >= 4 is 11.6 Å². The first-order valence-electron chi connectivity index (χ1n) is 5.53. The van der Waals surface area contributed by atoms with Crippen LogP contribution < -0.4 is 0 Å². The molecule has 4 nitrogen and oxygen atoms in total. The zero-order valence-electron chi connectivity index (χ0n) is 10.2. The van der Waals surface area contributed by atoms with Crippen molar-refractivity contribution in [3.8, 4) is 11.4 Å². The molecule has 0 bridgehead atoms. The van der Waals surface area contributed by atoms with Crippen LogP contribution in [0.15, 0.2) is 36.7 Å². The van der Waals surface area contributed by atoms with Gasteiger partial charge in [-0.05, 0) is 38.1 Å². The van der Waals surface area contributed by atoms with E-state index in [-0.39, 0.29) is 11.6 Å². The van der Waals surface area contributed by atoms with Gasteiger partial charge in [0, 0.05) is 23.5 Å². The fourth-order valence-corrected chi connectivity index (χ4v) is 1.76. The summed E-state index contributed by atoms with van der Waals surface area (Å²) in [5, 5.41) is 0. The van der Waals surface area contributed by atoms with Crippen LogP contribution >= 0.6 is 0 Å². The van der Waals surface area contributed by atoms with Gasteiger partial charge in [0.2, 0.25) is 0 Å². The van der Waals surface area contributed by atoms with E-state index >= 15 is 0 Å². The molecule has 90 valence electrons. The van der Waals surface area contributed by atoms with Crippen LogP contribution in [0.1, 0.15) is 34.6 Å². The third-order valence-corrected chi connectivity index (χ3v) is 2.60. The lowest BCUT2D eigenvalue weighted by atomic mass is 10.0. The first-order valence-corrected chi connectivity index (χ1v) is 5.53. The van der Waals surface area contributed by atoms with E-state index < -0.39 is 0 Å². The van der Waals surface area contributed by atoms with Gasteiger partial charge in [-0.1, -0.05) is 0 Å². The maximum absolute atomic E-state index is 11.6. The average Bonchev–Trinajstić information content (AvgIpc) is 2.38. The molecule has 4 heteroatoms. The fraction of sp³-hybridized carbons (Fsp3) is 0.143. The van der Waals surface area contributed by atoms with E-state index in [1.165, 1.54) is 13.8 Å². The fourth-order valence-electron chi connectivity index (χ4n) is 1.76. The molecule has 0 radical (unpaired) electrons. The van der Waals surface area contributed by atoms with Gasteiger partial charge in [0.1, 0.15) is 11.4 Å². The van der Waals surface area contributed by atoms with Gasteiger partial charge in [-0.15, -0.1) is 0 Å². The molecule has 0 saturated heterocycles. The van der Waals surface area contributed by atoms with Gasteiger partial charge >= 0.3 is 0 Å². The number of carbonyl (C=O) groups is 2. The summed E-state index contributed by atoms with van der Waals surface area (Å²) in [6, 6.07) is 6.75. The first-order chi connectivity index (χ1) is 8.61. The molecule has 0 aliphatic carbocycles. The van der Waals surface area contributed by atoms with E-state index in [0.717, 1.165) is 0 Å². The summed E-state index contributed by atoms with van der Waals surface area (Å²) in [4.78, 5) is 31.5. The summed E-state index contributed by atoms with van der Waals surface area (Å²) in [6.07, 6.45) is 3.17. The van der Waals surface area contributed by atoms with Crippen LogP contribution in [0.25, 0.3) is 11.4 Å². The summed E-state index contributed by atoms with van der Waals surface area (Å²) in [5.74, 6) is -0.198. The van der Waals surface area contributed by atoms with Crippen molar-refractivity contribution in [3.05, 3.63) is 47.8 Å². The van der Waals surface area contributed by atoms with Crippen molar-refractivity contribution in [1.29, 1.82) is 0 Å². The smallest absolute Gasteiger partial charge is 0.162 e. The van der Waals surface area contributed by atoms with E-state index in [2.05, 4.69) is 9.97 Å². The predicted octanol–water partition coefficient (Wildman–Crippen LogP) is 2.55. The molecule has 0 unspecified atom stereocenters. The molecule has 0 atom stereocenters. The van der Waals surface area contributed by atoms with Crippen LogP contribution in [-0.4, -0.2) is 21.5 Å². The van der Waals surface area contributed by atoms with Crippen LogP contribution in [0.5, 0.6) is 0 Å². The lowest BCUT2D eigenvalue weighted by Crippen LogP contribution is -2.04. The minimum Gasteiger partial charge on any atom is -0.294 e. The van der Waals surface area contributed by atoms with E-state index in [0.29, 0.717) is 22.5 Å². The molecule has 18 heavy (non-hydrogen) atoms. The highest BCUT2D eigenvalue weighted by Gasteiger charge is 2.16. The molecule has 0 amide bonds. The van der Waals surface area contributed by atoms with E-state index in [4.69, 9.17) is 0 Å². The summed E-state index contributed by atoms with van der Waals surface area (Å²) in [6.45, 7) is 2.94. The lowest BCUT2D eigenvalue weighted by molar-refractivity contribution is 0.100. The highest BCUT2D eigenvalue weighted by Crippen LogP contribution is 2.23. The van der Waals surface area contributed by atoms with Crippen LogP contribution in [0, 0.1) is 0 Å². The Labute approximate surface area is 105 Å². The van der Waals surface area contributed by atoms with Crippen molar-refractivity contribution in [1.82, 2.24) is 9.97 Å². The highest BCUT2D eigenvalue weighted by atomic mass is 16.1. The number of hydrogen-bond donors (Lipinski definition) is 0. The first kappa shape index (κ1) is 12.1. The molecule has 2 heterocycles. The number of hydrogen-bond acceptors (Lipinski definition) is 4. The summed E-state index contributed by atoms with van der Waals surface area (Å²) in [7, 11) is 0. The molecule has 0 N–H and O–H groups in total. The predicted molar refractivity (Wildman–Crippen MR) is 67.5 cm³/mol. The Bertz CT molecular complexity index is 565. The SMILES string of the molecule is CC(=O)c1cccnc1-c1ncccc1C(C)=O. The largest absolute Gasteiger partial charge is 0.294 e. The van der Waals surface area contributed by atoms with Gasteiger partial charge in [-0.25, -0.2) is 0 Å². The maximum Gasteiger partial charge on any atom is 0.162 e. The average molecular weight is 240 g/mol. The Balaban J connectivity index is 2.70. The zero-order chi connectivity index (χ0) is 13.1. The molecule has 2 rings (SSSR count). The number of rotatable bonds is 3. The lowest BCUT2D eigenvalue weighted by Gasteiger charge is -2.08. The van der Waals surface area contributed by atoms with Crippen molar-refractivity contribution < 1.29 is 9.59 Å². The van der Waals surface area contributed by atoms with Gasteiger partial charge in [-0.2, -0.15) is 0 Å². The molecule has 0 aliphatic heterocycles. The molecule has 0 fully saturated rings.